The van der Waals surface area contributed by atoms with Crippen molar-refractivity contribution in [2.24, 2.45) is 5.41 Å². The fraction of sp³-hybridized carbons (Fsp3) is 0.500. The van der Waals surface area contributed by atoms with Crippen molar-refractivity contribution >= 4 is 17.6 Å². The molecule has 1 aliphatic carbocycles. The molecule has 7 heteroatoms. The Hall–Kier alpha value is -2.05. The van der Waals surface area contributed by atoms with Gasteiger partial charge in [-0.2, -0.15) is 0 Å². The molecule has 0 radical (unpaired) electrons. The van der Waals surface area contributed by atoms with E-state index >= 15 is 0 Å². The Morgan fingerprint density at radius 1 is 1.00 bits per heavy atom. The molecule has 2 rings (SSSR count). The van der Waals surface area contributed by atoms with E-state index in [0.29, 0.717) is 25.0 Å². The lowest BCUT2D eigenvalue weighted by Crippen LogP contribution is -2.32. The van der Waals surface area contributed by atoms with Crippen molar-refractivity contribution in [1.82, 2.24) is 0 Å². The smallest absolute Gasteiger partial charge is 0.303 e. The van der Waals surface area contributed by atoms with Crippen LogP contribution >= 0.6 is 0 Å². The molecule has 0 heterocycles. The van der Waals surface area contributed by atoms with Crippen molar-refractivity contribution in [2.45, 2.75) is 44.9 Å². The average molecular weight is 329 g/mol. The van der Waals surface area contributed by atoms with E-state index in [0.717, 1.165) is 19.3 Å². The zero-order valence-electron chi connectivity index (χ0n) is 12.5. The van der Waals surface area contributed by atoms with Crippen LogP contribution in [-0.4, -0.2) is 17.0 Å². The minimum absolute atomic E-state index is 0.0856. The molecule has 1 fully saturated rings. The quantitative estimate of drug-likeness (QED) is 0.806. The van der Waals surface area contributed by atoms with E-state index in [1.54, 1.807) is 0 Å². The fourth-order valence-corrected chi connectivity index (χ4v) is 3.19. The van der Waals surface area contributed by atoms with Crippen molar-refractivity contribution in [1.29, 1.82) is 0 Å². The van der Waals surface area contributed by atoms with Gasteiger partial charge in [-0.15, -0.1) is 0 Å². The Kier molecular flexibility index (Phi) is 5.28. The van der Waals surface area contributed by atoms with Crippen molar-refractivity contribution in [3.63, 3.8) is 0 Å². The Labute approximate surface area is 131 Å². The second-order valence-corrected chi connectivity index (χ2v) is 6.10. The van der Waals surface area contributed by atoms with Crippen LogP contribution in [0.3, 0.4) is 0 Å². The highest BCUT2D eigenvalue weighted by Crippen LogP contribution is 2.42. The fourth-order valence-electron chi connectivity index (χ4n) is 3.19. The van der Waals surface area contributed by atoms with Gasteiger partial charge in [0.2, 0.25) is 5.91 Å². The van der Waals surface area contributed by atoms with Crippen molar-refractivity contribution in [3.05, 3.63) is 29.6 Å². The van der Waals surface area contributed by atoms with Crippen LogP contribution < -0.4 is 5.32 Å². The largest absolute Gasteiger partial charge is 0.481 e. The molecule has 1 amide bonds. The number of carboxylic acids is 1. The Balaban J connectivity index is 2.10. The summed E-state index contributed by atoms with van der Waals surface area (Å²) in [5.74, 6) is -5.26. The monoisotopic (exact) mass is 329 g/mol. The summed E-state index contributed by atoms with van der Waals surface area (Å²) in [6, 6.07) is 0.936. The molecule has 0 atom stereocenters. The van der Waals surface area contributed by atoms with E-state index in [9.17, 15) is 22.8 Å². The molecule has 4 nitrogen and oxygen atoms in total. The maximum Gasteiger partial charge on any atom is 0.303 e. The zero-order valence-corrected chi connectivity index (χ0v) is 12.5. The number of halogens is 3. The molecule has 126 valence electrons. The number of carbonyl (C=O) groups excluding carboxylic acids is 1. The number of hydrogen-bond acceptors (Lipinski definition) is 2. The van der Waals surface area contributed by atoms with Gasteiger partial charge in [-0.05, 0) is 18.3 Å². The van der Waals surface area contributed by atoms with Gasteiger partial charge in [-0.25, -0.2) is 13.2 Å². The molecular weight excluding hydrogens is 311 g/mol. The lowest BCUT2D eigenvalue weighted by Gasteiger charge is -2.35. The van der Waals surface area contributed by atoms with Crippen LogP contribution in [0.15, 0.2) is 12.1 Å². The predicted octanol–water partition coefficient (Wildman–Crippen LogP) is 3.86. The molecule has 0 aromatic heterocycles. The van der Waals surface area contributed by atoms with Crippen molar-refractivity contribution < 1.29 is 27.9 Å². The van der Waals surface area contributed by atoms with E-state index in [-0.39, 0.29) is 12.8 Å². The van der Waals surface area contributed by atoms with Gasteiger partial charge < -0.3 is 10.4 Å². The summed E-state index contributed by atoms with van der Waals surface area (Å²) in [6.07, 6.45) is 3.64. The summed E-state index contributed by atoms with van der Waals surface area (Å²) in [7, 11) is 0. The summed E-state index contributed by atoms with van der Waals surface area (Å²) in [5.41, 5.74) is -1.11. The number of rotatable bonds is 5. The molecule has 2 N–H and O–H groups in total. The SMILES string of the molecule is O=C(O)CC1(CC(=O)Nc2cc(F)c(F)cc2F)CCCCC1. The lowest BCUT2D eigenvalue weighted by molar-refractivity contribution is -0.140. The van der Waals surface area contributed by atoms with Gasteiger partial charge in [0, 0.05) is 18.6 Å². The van der Waals surface area contributed by atoms with E-state index in [1.165, 1.54) is 0 Å². The van der Waals surface area contributed by atoms with E-state index < -0.39 is 40.4 Å². The van der Waals surface area contributed by atoms with Crippen LogP contribution in [0.25, 0.3) is 0 Å². The van der Waals surface area contributed by atoms with Crippen molar-refractivity contribution in [3.8, 4) is 0 Å². The van der Waals surface area contributed by atoms with Crippen LogP contribution in [0, 0.1) is 22.9 Å². The van der Waals surface area contributed by atoms with Gasteiger partial charge in [-0.1, -0.05) is 19.3 Å². The number of anilines is 1. The Morgan fingerprint density at radius 3 is 2.22 bits per heavy atom. The number of amides is 1. The first-order valence-electron chi connectivity index (χ1n) is 7.47. The summed E-state index contributed by atoms with van der Waals surface area (Å²) >= 11 is 0. The van der Waals surface area contributed by atoms with Gasteiger partial charge in [0.05, 0.1) is 12.1 Å². The topological polar surface area (TPSA) is 66.4 Å². The number of aliphatic carboxylic acids is 1. The highest BCUT2D eigenvalue weighted by molar-refractivity contribution is 5.91. The van der Waals surface area contributed by atoms with Crippen LogP contribution in [0.5, 0.6) is 0 Å². The minimum Gasteiger partial charge on any atom is -0.481 e. The molecule has 0 aliphatic heterocycles. The molecule has 0 bridgehead atoms. The number of nitrogens with one attached hydrogen (secondary N) is 1. The third-order valence-corrected chi connectivity index (χ3v) is 4.26. The van der Waals surface area contributed by atoms with E-state index in [2.05, 4.69) is 5.32 Å². The Bertz CT molecular complexity index is 613. The summed E-state index contributed by atoms with van der Waals surface area (Å²) in [6.45, 7) is 0. The van der Waals surface area contributed by atoms with Crippen LogP contribution in [-0.2, 0) is 9.59 Å². The maximum absolute atomic E-state index is 13.6. The van der Waals surface area contributed by atoms with Crippen LogP contribution in [0.4, 0.5) is 18.9 Å². The maximum atomic E-state index is 13.6. The first-order valence-corrected chi connectivity index (χ1v) is 7.47. The molecule has 1 aromatic carbocycles. The van der Waals surface area contributed by atoms with E-state index in [4.69, 9.17) is 5.11 Å². The summed E-state index contributed by atoms with van der Waals surface area (Å²) in [5, 5.41) is 11.3. The molecular formula is C16H18F3NO3. The normalized spacial score (nSPS) is 16.8. The van der Waals surface area contributed by atoms with Gasteiger partial charge in [-0.3, -0.25) is 9.59 Å². The second kappa shape index (κ2) is 7.02. The Morgan fingerprint density at radius 2 is 1.61 bits per heavy atom. The number of carbonyl (C=O) groups is 2. The molecule has 1 saturated carbocycles. The average Bonchev–Trinajstić information content (AvgIpc) is 2.44. The van der Waals surface area contributed by atoms with Crippen LogP contribution in [0.1, 0.15) is 44.9 Å². The standard InChI is InChI=1S/C16H18F3NO3/c17-10-6-12(19)13(7-11(10)18)20-14(21)8-16(9-15(22)23)4-2-1-3-5-16/h6-7H,1-5,8-9H2,(H,20,21)(H,22,23). The highest BCUT2D eigenvalue weighted by atomic mass is 19.2. The highest BCUT2D eigenvalue weighted by Gasteiger charge is 2.36. The number of hydrogen-bond donors (Lipinski definition) is 2. The molecule has 1 aliphatic rings. The molecule has 23 heavy (non-hydrogen) atoms. The van der Waals surface area contributed by atoms with Gasteiger partial charge in [0.1, 0.15) is 5.82 Å². The molecule has 0 unspecified atom stereocenters. The third kappa shape index (κ3) is 4.46. The number of benzene rings is 1. The van der Waals surface area contributed by atoms with Crippen LogP contribution in [0.2, 0.25) is 0 Å². The lowest BCUT2D eigenvalue weighted by atomic mass is 9.69. The zero-order chi connectivity index (χ0) is 17.0. The van der Waals surface area contributed by atoms with Crippen molar-refractivity contribution in [2.75, 3.05) is 5.32 Å². The first-order chi connectivity index (χ1) is 10.8. The third-order valence-electron chi connectivity index (χ3n) is 4.26. The molecule has 0 spiro atoms. The molecule has 0 saturated heterocycles. The van der Waals surface area contributed by atoms with Gasteiger partial charge in [0.25, 0.3) is 0 Å². The summed E-state index contributed by atoms with van der Waals surface area (Å²) < 4.78 is 39.6. The second-order valence-electron chi connectivity index (χ2n) is 6.10. The molecule has 1 aromatic rings. The van der Waals surface area contributed by atoms with E-state index in [1.807, 2.05) is 0 Å². The van der Waals surface area contributed by atoms with Gasteiger partial charge in [0.15, 0.2) is 11.6 Å². The number of carboxylic acid groups (broad SMARTS) is 1. The van der Waals surface area contributed by atoms with Gasteiger partial charge >= 0.3 is 5.97 Å². The minimum atomic E-state index is -1.34. The summed E-state index contributed by atoms with van der Waals surface area (Å²) in [4.78, 5) is 23.2. The first kappa shape index (κ1) is 17.3. The predicted molar refractivity (Wildman–Crippen MR) is 77.3 cm³/mol.